The summed E-state index contributed by atoms with van der Waals surface area (Å²) in [6, 6.07) is 1.61. The third-order valence-electron chi connectivity index (χ3n) is 2.89. The standard InChI is InChI=1S/C12H18N4O/c1-2-3-4-5-6-7-10-8-11(17)15-12-13-9-14-16(10)12/h8-9H,2-7H2,1H3,(H,13,14,15,17). The highest BCUT2D eigenvalue weighted by Gasteiger charge is 2.04. The molecule has 0 amide bonds. The van der Waals surface area contributed by atoms with Crippen molar-refractivity contribution in [2.45, 2.75) is 45.4 Å². The fraction of sp³-hybridized carbons (Fsp3) is 0.583. The molecule has 2 heterocycles. The second-order valence-electron chi connectivity index (χ2n) is 4.28. The number of fused-ring (bicyclic) bond motifs is 1. The Hall–Kier alpha value is -1.65. The predicted octanol–water partition coefficient (Wildman–Crippen LogP) is 1.93. The molecule has 0 aliphatic carbocycles. The fourth-order valence-electron chi connectivity index (χ4n) is 1.98. The number of aromatic amines is 1. The Labute approximate surface area is 99.9 Å². The lowest BCUT2D eigenvalue weighted by Crippen LogP contribution is -2.12. The van der Waals surface area contributed by atoms with Crippen molar-refractivity contribution in [3.63, 3.8) is 0 Å². The third-order valence-corrected chi connectivity index (χ3v) is 2.89. The molecule has 2 aromatic heterocycles. The van der Waals surface area contributed by atoms with Gasteiger partial charge in [0.05, 0.1) is 5.69 Å². The van der Waals surface area contributed by atoms with Crippen LogP contribution in [0.1, 0.15) is 44.7 Å². The van der Waals surface area contributed by atoms with Crippen molar-refractivity contribution in [3.05, 3.63) is 28.4 Å². The minimum absolute atomic E-state index is 0.103. The van der Waals surface area contributed by atoms with Crippen LogP contribution < -0.4 is 5.56 Å². The lowest BCUT2D eigenvalue weighted by Gasteiger charge is -2.03. The minimum Gasteiger partial charge on any atom is -0.291 e. The molecule has 0 spiro atoms. The maximum Gasteiger partial charge on any atom is 0.252 e. The molecule has 0 fully saturated rings. The van der Waals surface area contributed by atoms with E-state index in [1.165, 1.54) is 32.0 Å². The van der Waals surface area contributed by atoms with Gasteiger partial charge in [0.15, 0.2) is 0 Å². The number of aromatic nitrogens is 4. The van der Waals surface area contributed by atoms with Gasteiger partial charge in [-0.05, 0) is 12.8 Å². The summed E-state index contributed by atoms with van der Waals surface area (Å²) in [5, 5.41) is 4.11. The van der Waals surface area contributed by atoms with Crippen LogP contribution in [0, 0.1) is 0 Å². The van der Waals surface area contributed by atoms with Gasteiger partial charge in [0.2, 0.25) is 5.78 Å². The zero-order valence-corrected chi connectivity index (χ0v) is 10.1. The average Bonchev–Trinajstić information content (AvgIpc) is 2.76. The van der Waals surface area contributed by atoms with Crippen LogP contribution in [-0.2, 0) is 6.42 Å². The maximum absolute atomic E-state index is 11.4. The molecule has 5 nitrogen and oxygen atoms in total. The van der Waals surface area contributed by atoms with Crippen LogP contribution in [0.2, 0.25) is 0 Å². The highest BCUT2D eigenvalue weighted by Crippen LogP contribution is 2.07. The Morgan fingerprint density at radius 1 is 1.29 bits per heavy atom. The Balaban J connectivity index is 2.02. The van der Waals surface area contributed by atoms with Crippen LogP contribution in [0.5, 0.6) is 0 Å². The highest BCUT2D eigenvalue weighted by atomic mass is 16.1. The van der Waals surface area contributed by atoms with Gasteiger partial charge in [-0.3, -0.25) is 9.78 Å². The molecule has 5 heteroatoms. The summed E-state index contributed by atoms with van der Waals surface area (Å²) in [5.41, 5.74) is 0.840. The molecule has 0 aromatic carbocycles. The molecule has 0 aliphatic rings. The van der Waals surface area contributed by atoms with Crippen molar-refractivity contribution in [2.75, 3.05) is 0 Å². The van der Waals surface area contributed by atoms with Crippen molar-refractivity contribution in [1.82, 2.24) is 19.6 Å². The number of rotatable bonds is 6. The largest absolute Gasteiger partial charge is 0.291 e. The first kappa shape index (κ1) is 11.8. The summed E-state index contributed by atoms with van der Waals surface area (Å²) in [6.45, 7) is 2.20. The molecule has 1 N–H and O–H groups in total. The van der Waals surface area contributed by atoms with Gasteiger partial charge in [0.25, 0.3) is 5.56 Å². The Morgan fingerprint density at radius 3 is 2.94 bits per heavy atom. The maximum atomic E-state index is 11.4. The SMILES string of the molecule is CCCCCCCc1cc(=O)[nH]c2ncnn12. The van der Waals surface area contributed by atoms with E-state index in [1.807, 2.05) is 0 Å². The topological polar surface area (TPSA) is 63.0 Å². The molecule has 0 aliphatic heterocycles. The van der Waals surface area contributed by atoms with E-state index in [2.05, 4.69) is 22.0 Å². The molecular weight excluding hydrogens is 216 g/mol. The second-order valence-corrected chi connectivity index (χ2v) is 4.28. The van der Waals surface area contributed by atoms with E-state index in [9.17, 15) is 4.79 Å². The second kappa shape index (κ2) is 5.61. The molecule has 0 unspecified atom stereocenters. The number of nitrogens with zero attached hydrogens (tertiary/aromatic N) is 3. The Kier molecular flexibility index (Phi) is 3.90. The number of H-pyrrole nitrogens is 1. The van der Waals surface area contributed by atoms with Crippen LogP contribution in [-0.4, -0.2) is 19.6 Å². The molecule has 0 bridgehead atoms. The average molecular weight is 234 g/mol. The van der Waals surface area contributed by atoms with Gasteiger partial charge >= 0.3 is 0 Å². The van der Waals surface area contributed by atoms with Crippen molar-refractivity contribution in [1.29, 1.82) is 0 Å². The highest BCUT2D eigenvalue weighted by molar-refractivity contribution is 5.26. The molecular formula is C12H18N4O. The van der Waals surface area contributed by atoms with Crippen molar-refractivity contribution in [2.24, 2.45) is 0 Å². The first-order chi connectivity index (χ1) is 8.31. The minimum atomic E-state index is -0.103. The summed E-state index contributed by atoms with van der Waals surface area (Å²) in [5.74, 6) is 0.529. The van der Waals surface area contributed by atoms with Gasteiger partial charge in [-0.15, -0.1) is 0 Å². The van der Waals surface area contributed by atoms with E-state index >= 15 is 0 Å². The molecule has 17 heavy (non-hydrogen) atoms. The summed E-state index contributed by atoms with van der Waals surface area (Å²) in [4.78, 5) is 18.0. The van der Waals surface area contributed by atoms with Crippen LogP contribution in [0.25, 0.3) is 5.78 Å². The first-order valence-corrected chi connectivity index (χ1v) is 6.23. The zero-order chi connectivity index (χ0) is 12.1. The Bertz CT molecular complexity index is 529. The van der Waals surface area contributed by atoms with Crippen LogP contribution in [0.15, 0.2) is 17.2 Å². The summed E-state index contributed by atoms with van der Waals surface area (Å²) < 4.78 is 1.71. The van der Waals surface area contributed by atoms with E-state index in [-0.39, 0.29) is 5.56 Å². The van der Waals surface area contributed by atoms with E-state index < -0.39 is 0 Å². The third kappa shape index (κ3) is 2.93. The Morgan fingerprint density at radius 2 is 2.12 bits per heavy atom. The quantitative estimate of drug-likeness (QED) is 0.777. The van der Waals surface area contributed by atoms with Crippen molar-refractivity contribution < 1.29 is 0 Å². The summed E-state index contributed by atoms with van der Waals surface area (Å²) in [6.07, 6.45) is 8.45. The zero-order valence-electron chi connectivity index (χ0n) is 10.1. The van der Waals surface area contributed by atoms with Gasteiger partial charge in [0, 0.05) is 6.07 Å². The normalized spacial score (nSPS) is 11.1. The molecule has 92 valence electrons. The van der Waals surface area contributed by atoms with Crippen LogP contribution in [0.4, 0.5) is 0 Å². The molecule has 0 saturated heterocycles. The van der Waals surface area contributed by atoms with Gasteiger partial charge < -0.3 is 0 Å². The van der Waals surface area contributed by atoms with Gasteiger partial charge in [-0.2, -0.15) is 10.1 Å². The lowest BCUT2D eigenvalue weighted by atomic mass is 10.1. The molecule has 0 atom stereocenters. The number of nitrogens with one attached hydrogen (secondary N) is 1. The van der Waals surface area contributed by atoms with Crippen molar-refractivity contribution in [3.8, 4) is 0 Å². The fourth-order valence-corrected chi connectivity index (χ4v) is 1.98. The van der Waals surface area contributed by atoms with E-state index in [4.69, 9.17) is 0 Å². The van der Waals surface area contributed by atoms with Crippen LogP contribution >= 0.6 is 0 Å². The number of hydrogen-bond acceptors (Lipinski definition) is 3. The molecule has 2 rings (SSSR count). The number of unbranched alkanes of at least 4 members (excludes halogenated alkanes) is 4. The van der Waals surface area contributed by atoms with Gasteiger partial charge in [-0.25, -0.2) is 4.52 Å². The summed E-state index contributed by atoms with van der Waals surface area (Å²) in [7, 11) is 0. The first-order valence-electron chi connectivity index (χ1n) is 6.23. The smallest absolute Gasteiger partial charge is 0.252 e. The number of hydrogen-bond donors (Lipinski definition) is 1. The van der Waals surface area contributed by atoms with E-state index in [1.54, 1.807) is 10.6 Å². The molecule has 0 radical (unpaired) electrons. The van der Waals surface area contributed by atoms with Gasteiger partial charge in [0.1, 0.15) is 6.33 Å². The number of aryl methyl sites for hydroxylation is 1. The predicted molar refractivity (Wildman–Crippen MR) is 66.1 cm³/mol. The molecule has 0 saturated carbocycles. The van der Waals surface area contributed by atoms with Crippen LogP contribution in [0.3, 0.4) is 0 Å². The lowest BCUT2D eigenvalue weighted by molar-refractivity contribution is 0.621. The van der Waals surface area contributed by atoms with Crippen molar-refractivity contribution >= 4 is 5.78 Å². The van der Waals surface area contributed by atoms with E-state index in [0.717, 1.165) is 18.5 Å². The van der Waals surface area contributed by atoms with E-state index in [0.29, 0.717) is 5.78 Å². The molecule has 2 aromatic rings. The van der Waals surface area contributed by atoms with Gasteiger partial charge in [-0.1, -0.05) is 32.6 Å². The monoisotopic (exact) mass is 234 g/mol. The summed E-state index contributed by atoms with van der Waals surface area (Å²) >= 11 is 0.